The molecule has 8 unspecified atom stereocenters. The van der Waals surface area contributed by atoms with E-state index in [2.05, 4.69) is 80.2 Å². The summed E-state index contributed by atoms with van der Waals surface area (Å²) in [5.74, 6) is -2.70. The maximum Gasteiger partial charge on any atom is 0.408 e. The van der Waals surface area contributed by atoms with Crippen molar-refractivity contribution in [3.05, 3.63) is 174 Å². The van der Waals surface area contributed by atoms with Gasteiger partial charge in [0.25, 0.3) is 17.9 Å². The van der Waals surface area contributed by atoms with Crippen LogP contribution in [0, 0.1) is 30.3 Å². The standard InChI is InChI=1S/2C21H34N6O5.C16H27N5O.C12H23N5O6.C9H13N.CH3ClO.2ClH/c2*1-15(14-16-10-6-5-7-11-16)24-18(28)17(25-20(29)32-21(2,3)4)12-8-9-13-23-19(22)26-27(30)31;1-12(11-13-7-3-2-4-8-13)21-15(22)14(17)9-5-6-10-20-16(18)19;1-12(2,3)23-11(20)15-8(9(18)19)6-4-5-7-14-10(13)16-17(21)22;1-8(10)7-9-5-3-2-4-6-9;1-3-2;;/h2*5-7,10-11,15,17H,8-9,12-14H2,1-4H3,(H,24,28)(H,25,29)(H3,22,23,26);2-4,7-8,12,14H,5-6,9-11,17H2,1H3,(H,21,22)(H4,18,19,20);8H,4-7H2,1-3H3,(H,15,20)(H,18,19)(H3,13,14,16);2-6,8H,7,10H2,1H3;1H3;2*1H. The molecule has 124 heavy (non-hydrogen) atoms. The highest BCUT2D eigenvalue weighted by Gasteiger charge is 2.28. The van der Waals surface area contributed by atoms with Gasteiger partial charge >= 0.3 is 24.2 Å². The lowest BCUT2D eigenvalue weighted by Gasteiger charge is -2.24. The minimum absolute atomic E-state index is 0. The van der Waals surface area contributed by atoms with E-state index < -0.39 is 80.3 Å². The van der Waals surface area contributed by atoms with Crippen molar-refractivity contribution in [2.75, 3.05) is 33.3 Å². The lowest BCUT2D eigenvalue weighted by Crippen LogP contribution is -2.50. The molecule has 0 bridgehead atoms. The number of nitrogens with one attached hydrogen (secondary N) is 9. The zero-order valence-electron chi connectivity index (χ0n) is 73.6. The minimum Gasteiger partial charge on any atom is -0.480 e. The monoisotopic (exact) mass is 1810 g/mol. The van der Waals surface area contributed by atoms with E-state index in [9.17, 15) is 63.9 Å². The second kappa shape index (κ2) is 68.1. The highest BCUT2D eigenvalue weighted by atomic mass is 35.5. The van der Waals surface area contributed by atoms with Gasteiger partial charge in [0.2, 0.25) is 17.7 Å². The van der Waals surface area contributed by atoms with Crippen LogP contribution in [0.15, 0.2) is 141 Å². The second-order valence-electron chi connectivity index (χ2n) is 30.9. The number of hydrogen-bond donors (Lipinski definition) is 17. The highest BCUT2D eigenvalue weighted by molar-refractivity contribution is 6.07. The van der Waals surface area contributed by atoms with Gasteiger partial charge in [-0.3, -0.25) is 23.7 Å². The maximum atomic E-state index is 12.8. The van der Waals surface area contributed by atoms with Crippen molar-refractivity contribution in [2.24, 2.45) is 60.1 Å². The molecule has 0 saturated heterocycles. The summed E-state index contributed by atoms with van der Waals surface area (Å²) in [4.78, 5) is 131. The van der Waals surface area contributed by atoms with E-state index in [1.165, 1.54) is 18.2 Å². The molecular weight excluding hydrogens is 1680 g/mol. The molecule has 0 heterocycles. The molecule has 0 saturated carbocycles. The number of nitro groups is 3. The SMILES string of the molecule is CC(C)(C)OC(=O)NC(CCCCN=C(N)N[N+](=O)[O-])C(=O)O.CC(Cc1ccccc1)NC(=O)C(CCCCN=C(N)N[N+](=O)[O-])NC(=O)OC(C)(C)C.CC(Cc1ccccc1)NC(=O)C(CCCCN=C(N)N[N+](=O)[O-])NC(=O)OC(C)(C)C.CC(Cc1ccccc1)NC(=O)C(N)CCCCN=C(N)N.CC(N)Cc1ccccc1.COCl.Cl.Cl. The summed E-state index contributed by atoms with van der Waals surface area (Å²) in [5, 5.41) is 53.7. The molecule has 8 atom stereocenters. The number of rotatable bonds is 41. The number of carboxylic acid groups (broad SMARTS) is 1. The maximum absolute atomic E-state index is 12.8. The number of aliphatic imine (C=N–C) groups is 4. The van der Waals surface area contributed by atoms with Crippen LogP contribution >= 0.6 is 36.7 Å². The number of aliphatic carboxylic acids is 1. The van der Waals surface area contributed by atoms with Crippen LogP contribution in [0.25, 0.3) is 0 Å². The van der Waals surface area contributed by atoms with Crippen molar-refractivity contribution in [2.45, 2.75) is 258 Å². The number of unbranched alkanes of at least 4 members (excludes halogenated alkanes) is 4. The van der Waals surface area contributed by atoms with Gasteiger partial charge in [-0.05, 0) is 215 Å². The molecule has 0 spiro atoms. The number of hydrogen-bond acceptors (Lipinski definition) is 23. The summed E-state index contributed by atoms with van der Waals surface area (Å²) >= 11 is 4.50. The largest absolute Gasteiger partial charge is 0.480 e. The fourth-order valence-electron chi connectivity index (χ4n) is 10.4. The third kappa shape index (κ3) is 72.3. The number of halogens is 3. The Kier molecular flexibility index (Phi) is 65.3. The number of nitrogens with zero attached hydrogens (tertiary/aromatic N) is 7. The number of guanidine groups is 4. The number of carboxylic acids is 1. The third-order valence-corrected chi connectivity index (χ3v) is 15.4. The van der Waals surface area contributed by atoms with Gasteiger partial charge in [0, 0.05) is 50.3 Å². The highest BCUT2D eigenvalue weighted by Crippen LogP contribution is 2.15. The number of alkyl carbamates (subject to hydrolysis) is 3. The molecule has 700 valence electrons. The van der Waals surface area contributed by atoms with E-state index >= 15 is 0 Å². The molecular formula is C80H136Cl3N23O18. The number of amides is 6. The van der Waals surface area contributed by atoms with Gasteiger partial charge in [-0.1, -0.05) is 138 Å². The van der Waals surface area contributed by atoms with E-state index in [1.54, 1.807) is 78.6 Å². The van der Waals surface area contributed by atoms with Crippen LogP contribution in [-0.2, 0) is 63.4 Å². The number of hydrazine groups is 3. The smallest absolute Gasteiger partial charge is 0.408 e. The average molecular weight is 1810 g/mol. The molecule has 0 aromatic heterocycles. The van der Waals surface area contributed by atoms with Crippen LogP contribution in [0.5, 0.6) is 0 Å². The topological polar surface area (TPSA) is 646 Å². The number of benzene rings is 4. The summed E-state index contributed by atoms with van der Waals surface area (Å²) in [6, 6.07) is 36.8. The van der Waals surface area contributed by atoms with E-state index in [-0.39, 0.29) is 117 Å². The predicted octanol–water partition coefficient (Wildman–Crippen LogP) is 7.73. The van der Waals surface area contributed by atoms with Crippen LogP contribution in [0.1, 0.15) is 189 Å². The quantitative estimate of drug-likeness (QED) is 0.00504. The summed E-state index contributed by atoms with van der Waals surface area (Å²) < 4.78 is 19.3. The number of carbonyl (C=O) groups excluding carboxylic acids is 6. The van der Waals surface area contributed by atoms with E-state index in [0.29, 0.717) is 77.2 Å². The Morgan fingerprint density at radius 1 is 0.403 bits per heavy atom. The van der Waals surface area contributed by atoms with Crippen molar-refractivity contribution in [3.8, 4) is 0 Å². The number of carbonyl (C=O) groups is 7. The lowest BCUT2D eigenvalue weighted by atomic mass is 10.1. The van der Waals surface area contributed by atoms with E-state index in [0.717, 1.165) is 36.8 Å². The summed E-state index contributed by atoms with van der Waals surface area (Å²) in [6.45, 7) is 24.5. The van der Waals surface area contributed by atoms with Gasteiger partial charge in [-0.2, -0.15) is 0 Å². The van der Waals surface area contributed by atoms with E-state index in [1.807, 2.05) is 137 Å². The molecule has 24 N–H and O–H groups in total. The molecule has 0 radical (unpaired) electrons. The Bertz CT molecular complexity index is 3660. The van der Waals surface area contributed by atoms with Crippen LogP contribution in [0.3, 0.4) is 0 Å². The fraction of sp³-hybridized carbons (Fsp3) is 0.562. The van der Waals surface area contributed by atoms with Crippen molar-refractivity contribution >= 4 is 102 Å². The number of nitrogens with two attached hydrogens (primary N) is 7. The number of ether oxygens (including phenoxy) is 3. The van der Waals surface area contributed by atoms with Gasteiger partial charge in [-0.25, -0.2) is 64.5 Å². The zero-order chi connectivity index (χ0) is 92.8. The van der Waals surface area contributed by atoms with Gasteiger partial charge in [-0.15, -0.1) is 24.8 Å². The first-order valence-corrected chi connectivity index (χ1v) is 40.1. The molecule has 0 fully saturated rings. The van der Waals surface area contributed by atoms with Crippen molar-refractivity contribution < 1.29 is 72.3 Å². The fourth-order valence-corrected chi connectivity index (χ4v) is 10.4. The van der Waals surface area contributed by atoms with Crippen LogP contribution < -0.4 is 88.3 Å². The summed E-state index contributed by atoms with van der Waals surface area (Å²) in [7, 11) is 1.39. The minimum atomic E-state index is -1.17. The van der Waals surface area contributed by atoms with Crippen LogP contribution in [0.2, 0.25) is 0 Å². The van der Waals surface area contributed by atoms with Crippen LogP contribution in [-0.4, -0.2) is 184 Å². The Labute approximate surface area is 744 Å². The molecule has 0 aliphatic rings. The Balaban J connectivity index is -0.000000740. The third-order valence-electron chi connectivity index (χ3n) is 15.4. The molecule has 0 aliphatic carbocycles. The Hall–Kier alpha value is -11.4. The zero-order valence-corrected chi connectivity index (χ0v) is 76.0. The molecule has 0 aliphatic heterocycles. The van der Waals surface area contributed by atoms with Gasteiger partial charge < -0.3 is 91.4 Å². The molecule has 4 aromatic carbocycles. The average Bonchev–Trinajstić information content (AvgIpc) is 0.519. The van der Waals surface area contributed by atoms with Crippen molar-refractivity contribution in [3.63, 3.8) is 0 Å². The molecule has 41 nitrogen and oxygen atoms in total. The van der Waals surface area contributed by atoms with E-state index in [4.69, 9.17) is 59.5 Å². The normalized spacial score (nSPS) is 13.0. The predicted molar refractivity (Wildman–Crippen MR) is 485 cm³/mol. The van der Waals surface area contributed by atoms with Gasteiger partial charge in [0.05, 0.1) is 25.0 Å². The molecule has 4 aromatic rings. The lowest BCUT2D eigenvalue weighted by molar-refractivity contribution is -0.525. The molecule has 6 amide bonds. The first kappa shape index (κ1) is 119. The Morgan fingerprint density at radius 3 is 0.895 bits per heavy atom. The van der Waals surface area contributed by atoms with Crippen molar-refractivity contribution in [1.29, 1.82) is 0 Å². The van der Waals surface area contributed by atoms with Crippen LogP contribution in [0.4, 0.5) is 14.4 Å². The molecule has 4 rings (SSSR count). The summed E-state index contributed by atoms with van der Waals surface area (Å²) in [5.41, 5.74) is 45.8. The van der Waals surface area contributed by atoms with Gasteiger partial charge in [0.1, 0.15) is 34.9 Å². The van der Waals surface area contributed by atoms with Crippen molar-refractivity contribution in [1.82, 2.24) is 48.2 Å². The first-order chi connectivity index (χ1) is 57.1. The second-order valence-corrected chi connectivity index (χ2v) is 31.2. The first-order valence-electron chi connectivity index (χ1n) is 39.7. The van der Waals surface area contributed by atoms with Gasteiger partial charge in [0.15, 0.2) is 21.1 Å². The molecule has 44 heteroatoms. The Morgan fingerprint density at radius 2 is 0.645 bits per heavy atom. The summed E-state index contributed by atoms with van der Waals surface area (Å²) in [6.07, 6.45) is 7.08.